The summed E-state index contributed by atoms with van der Waals surface area (Å²) in [6.45, 7) is 8.27. The monoisotopic (exact) mass is 380 g/mol. The molecule has 1 N–H and O–H groups in total. The molecule has 0 amide bonds. The lowest BCUT2D eigenvalue weighted by Crippen LogP contribution is -2.31. The average molecular weight is 380 g/mol. The molecule has 0 fully saturated rings. The minimum atomic E-state index is 0.0113. The van der Waals surface area contributed by atoms with Crippen LogP contribution >= 0.6 is 0 Å². The summed E-state index contributed by atoms with van der Waals surface area (Å²) in [6, 6.07) is 17.8. The van der Waals surface area contributed by atoms with E-state index in [0.717, 1.165) is 22.2 Å². The summed E-state index contributed by atoms with van der Waals surface area (Å²) in [7, 11) is 0. The number of nitrogens with zero attached hydrogens (tertiary/aromatic N) is 1. The van der Waals surface area contributed by atoms with E-state index in [-0.39, 0.29) is 5.56 Å². The number of hydrogen-bond acceptors (Lipinski definition) is 4. The van der Waals surface area contributed by atoms with Gasteiger partial charge in [0.1, 0.15) is 11.5 Å². The summed E-state index contributed by atoms with van der Waals surface area (Å²) in [6.07, 6.45) is 0. The van der Waals surface area contributed by atoms with Gasteiger partial charge in [0, 0.05) is 37.4 Å². The molecule has 0 aliphatic heterocycles. The SMILES string of the molecule is CCOCCn1c(=O)c(CNC(C)C)cc2ccc(Oc3ccccc3)cc21. The third-order valence-electron chi connectivity index (χ3n) is 4.49. The zero-order chi connectivity index (χ0) is 19.9. The summed E-state index contributed by atoms with van der Waals surface area (Å²) < 4.78 is 13.2. The van der Waals surface area contributed by atoms with Crippen molar-refractivity contribution in [3.05, 3.63) is 70.5 Å². The molecule has 148 valence electrons. The summed E-state index contributed by atoms with van der Waals surface area (Å²) >= 11 is 0. The van der Waals surface area contributed by atoms with Gasteiger partial charge in [-0.15, -0.1) is 0 Å². The van der Waals surface area contributed by atoms with E-state index in [1.807, 2.05) is 61.5 Å². The molecule has 2 aromatic carbocycles. The fraction of sp³-hybridized carbons (Fsp3) is 0.348. The Balaban J connectivity index is 2.00. The minimum absolute atomic E-state index is 0.0113. The summed E-state index contributed by atoms with van der Waals surface area (Å²) in [4.78, 5) is 13.1. The van der Waals surface area contributed by atoms with Crippen molar-refractivity contribution in [3.63, 3.8) is 0 Å². The Morgan fingerprint density at radius 1 is 1.04 bits per heavy atom. The molecular weight excluding hydrogens is 352 g/mol. The highest BCUT2D eigenvalue weighted by Crippen LogP contribution is 2.25. The summed E-state index contributed by atoms with van der Waals surface area (Å²) in [5.41, 5.74) is 1.62. The Kier molecular flexibility index (Phi) is 6.85. The zero-order valence-corrected chi connectivity index (χ0v) is 16.8. The maximum atomic E-state index is 13.1. The third-order valence-corrected chi connectivity index (χ3v) is 4.49. The molecule has 5 heteroatoms. The van der Waals surface area contributed by atoms with Crippen molar-refractivity contribution in [1.82, 2.24) is 9.88 Å². The molecule has 0 spiro atoms. The van der Waals surface area contributed by atoms with Gasteiger partial charge in [-0.05, 0) is 42.6 Å². The lowest BCUT2D eigenvalue weighted by molar-refractivity contribution is 0.139. The first-order valence-electron chi connectivity index (χ1n) is 9.79. The van der Waals surface area contributed by atoms with Gasteiger partial charge >= 0.3 is 0 Å². The van der Waals surface area contributed by atoms with Crippen LogP contribution in [0.1, 0.15) is 26.3 Å². The van der Waals surface area contributed by atoms with E-state index in [2.05, 4.69) is 19.2 Å². The van der Waals surface area contributed by atoms with Crippen molar-refractivity contribution in [2.24, 2.45) is 0 Å². The van der Waals surface area contributed by atoms with Gasteiger partial charge in [-0.2, -0.15) is 0 Å². The lowest BCUT2D eigenvalue weighted by atomic mass is 10.1. The van der Waals surface area contributed by atoms with Crippen molar-refractivity contribution in [3.8, 4) is 11.5 Å². The van der Waals surface area contributed by atoms with Gasteiger partial charge in [-0.3, -0.25) is 4.79 Å². The van der Waals surface area contributed by atoms with Gasteiger partial charge in [0.15, 0.2) is 0 Å². The van der Waals surface area contributed by atoms with Crippen LogP contribution in [-0.4, -0.2) is 23.8 Å². The van der Waals surface area contributed by atoms with Gasteiger partial charge in [-0.25, -0.2) is 0 Å². The Morgan fingerprint density at radius 3 is 2.54 bits per heavy atom. The van der Waals surface area contributed by atoms with Gasteiger partial charge in [0.05, 0.1) is 12.1 Å². The number of ether oxygens (including phenoxy) is 2. The highest BCUT2D eigenvalue weighted by molar-refractivity contribution is 5.81. The maximum absolute atomic E-state index is 13.1. The molecule has 0 aliphatic rings. The lowest BCUT2D eigenvalue weighted by Gasteiger charge is -2.15. The number of para-hydroxylation sites is 1. The van der Waals surface area contributed by atoms with Gasteiger partial charge < -0.3 is 19.4 Å². The Bertz CT molecular complexity index is 965. The van der Waals surface area contributed by atoms with E-state index in [9.17, 15) is 4.79 Å². The van der Waals surface area contributed by atoms with Crippen molar-refractivity contribution in [2.45, 2.75) is 39.9 Å². The maximum Gasteiger partial charge on any atom is 0.255 e. The van der Waals surface area contributed by atoms with Crippen LogP contribution in [0.2, 0.25) is 0 Å². The van der Waals surface area contributed by atoms with Crippen molar-refractivity contribution < 1.29 is 9.47 Å². The van der Waals surface area contributed by atoms with Gasteiger partial charge in [0.25, 0.3) is 5.56 Å². The highest BCUT2D eigenvalue weighted by atomic mass is 16.5. The smallest absolute Gasteiger partial charge is 0.255 e. The van der Waals surface area contributed by atoms with E-state index >= 15 is 0 Å². The Morgan fingerprint density at radius 2 is 1.82 bits per heavy atom. The van der Waals surface area contributed by atoms with Gasteiger partial charge in [0.2, 0.25) is 0 Å². The van der Waals surface area contributed by atoms with Crippen molar-refractivity contribution in [2.75, 3.05) is 13.2 Å². The summed E-state index contributed by atoms with van der Waals surface area (Å²) in [5, 5.41) is 4.35. The van der Waals surface area contributed by atoms with Crippen LogP contribution in [0.15, 0.2) is 59.4 Å². The van der Waals surface area contributed by atoms with Crippen LogP contribution in [0.5, 0.6) is 11.5 Å². The number of hydrogen-bond donors (Lipinski definition) is 1. The molecule has 5 nitrogen and oxygen atoms in total. The molecule has 1 aromatic heterocycles. The fourth-order valence-electron chi connectivity index (χ4n) is 3.06. The van der Waals surface area contributed by atoms with Crippen molar-refractivity contribution >= 4 is 10.9 Å². The van der Waals surface area contributed by atoms with Crippen LogP contribution in [0.3, 0.4) is 0 Å². The Hall–Kier alpha value is -2.63. The van der Waals surface area contributed by atoms with E-state index in [1.165, 1.54) is 0 Å². The number of pyridine rings is 1. The molecule has 3 aromatic rings. The number of aromatic nitrogens is 1. The molecule has 28 heavy (non-hydrogen) atoms. The second kappa shape index (κ2) is 9.53. The molecule has 3 rings (SSSR count). The minimum Gasteiger partial charge on any atom is -0.457 e. The first-order chi connectivity index (χ1) is 13.6. The topological polar surface area (TPSA) is 52.5 Å². The van der Waals surface area contributed by atoms with Crippen molar-refractivity contribution in [1.29, 1.82) is 0 Å². The number of fused-ring (bicyclic) bond motifs is 1. The van der Waals surface area contributed by atoms with E-state index in [4.69, 9.17) is 9.47 Å². The molecule has 0 aliphatic carbocycles. The largest absolute Gasteiger partial charge is 0.457 e. The zero-order valence-electron chi connectivity index (χ0n) is 16.8. The standard InChI is InChI=1S/C23H28N2O3/c1-4-27-13-12-25-22-15-21(28-20-8-6-5-7-9-20)11-10-18(22)14-19(23(25)26)16-24-17(2)3/h5-11,14-15,17,24H,4,12-13,16H2,1-3H3. The third kappa shape index (κ3) is 5.00. The molecule has 0 radical (unpaired) electrons. The van der Waals surface area contributed by atoms with Crippen LogP contribution in [-0.2, 0) is 17.8 Å². The van der Waals surface area contributed by atoms with E-state index in [1.54, 1.807) is 4.57 Å². The predicted octanol–water partition coefficient (Wildman–Crippen LogP) is 4.33. The second-order valence-corrected chi connectivity index (χ2v) is 6.99. The fourth-order valence-corrected chi connectivity index (χ4v) is 3.06. The first-order valence-corrected chi connectivity index (χ1v) is 9.79. The van der Waals surface area contributed by atoms with E-state index < -0.39 is 0 Å². The average Bonchev–Trinajstić information content (AvgIpc) is 2.69. The first kappa shape index (κ1) is 20.1. The number of rotatable bonds is 9. The van der Waals surface area contributed by atoms with Crippen LogP contribution in [0.4, 0.5) is 0 Å². The molecule has 0 bridgehead atoms. The molecule has 0 saturated heterocycles. The molecule has 0 atom stereocenters. The second-order valence-electron chi connectivity index (χ2n) is 6.99. The molecular formula is C23H28N2O3. The van der Waals surface area contributed by atoms with Crippen LogP contribution in [0.25, 0.3) is 10.9 Å². The number of benzene rings is 2. The van der Waals surface area contributed by atoms with Crippen LogP contribution < -0.4 is 15.6 Å². The van der Waals surface area contributed by atoms with Crippen LogP contribution in [0, 0.1) is 0 Å². The molecule has 1 heterocycles. The highest BCUT2D eigenvalue weighted by Gasteiger charge is 2.11. The van der Waals surface area contributed by atoms with Gasteiger partial charge in [-0.1, -0.05) is 32.0 Å². The summed E-state index contributed by atoms with van der Waals surface area (Å²) in [5.74, 6) is 1.47. The predicted molar refractivity (Wildman–Crippen MR) is 113 cm³/mol. The normalized spacial score (nSPS) is 11.3. The number of nitrogens with one attached hydrogen (secondary N) is 1. The Labute approximate surface area is 165 Å². The molecule has 0 unspecified atom stereocenters. The molecule has 0 saturated carbocycles. The van der Waals surface area contributed by atoms with E-state index in [0.29, 0.717) is 38.1 Å². The quantitative estimate of drug-likeness (QED) is 0.562.